The van der Waals surface area contributed by atoms with Crippen molar-refractivity contribution in [2.75, 3.05) is 40.8 Å². The smallest absolute Gasteiger partial charge is 0.330 e. The summed E-state index contributed by atoms with van der Waals surface area (Å²) >= 11 is 0. The van der Waals surface area contributed by atoms with Crippen molar-refractivity contribution in [2.24, 2.45) is 5.73 Å². The lowest BCUT2D eigenvalue weighted by Gasteiger charge is -2.39. The number of aromatic amines is 1. The molecule has 0 aliphatic carbocycles. The molecule has 4 unspecified atom stereocenters. The van der Waals surface area contributed by atoms with Crippen LogP contribution in [0, 0.1) is 0 Å². The first-order valence-corrected chi connectivity index (χ1v) is 21.1. The summed E-state index contributed by atoms with van der Waals surface area (Å²) in [6, 6.07) is -1.55. The standard InChI is InChI=1S/C39H71N7O12/c1-5-6-7-8-9-10-11-12-13-14-15-16-17-18-20-43-35(53)27(41-2)24(47)23-45(4)28(36(54)42-3)33(58-38-32(52)29(49)25(22-40)56-38)34-30(50)31(51)37(57-34)46-21-19-26(48)44-39(46)55/h19,21,24-25,27-34,37-38,41,47,49-52H,5-18,20,22-23,40H2,1-4H3,(H,42,54)(H,43,53)(H,44,48,55)/t24-,25+,27?,28-,29+,30-,31+,32+,33+,34?,37?,38?/m0/s1. The van der Waals surface area contributed by atoms with Crippen LogP contribution in [-0.2, 0) is 23.8 Å². The quantitative estimate of drug-likeness (QED) is 0.0432. The van der Waals surface area contributed by atoms with Gasteiger partial charge in [-0.25, -0.2) is 4.79 Å². The van der Waals surface area contributed by atoms with Crippen molar-refractivity contribution in [3.63, 3.8) is 0 Å². The molecule has 12 atom stereocenters. The zero-order valence-electron chi connectivity index (χ0n) is 34.7. The number of amides is 2. The van der Waals surface area contributed by atoms with Gasteiger partial charge in [-0.05, 0) is 20.5 Å². The first-order chi connectivity index (χ1) is 27.8. The van der Waals surface area contributed by atoms with Crippen molar-refractivity contribution in [1.29, 1.82) is 0 Å². The fourth-order valence-corrected chi connectivity index (χ4v) is 7.72. The van der Waals surface area contributed by atoms with E-state index in [2.05, 4.69) is 22.9 Å². The van der Waals surface area contributed by atoms with Crippen LogP contribution in [-0.4, -0.2) is 160 Å². The van der Waals surface area contributed by atoms with E-state index in [0.717, 1.165) is 42.5 Å². The molecule has 0 radical (unpaired) electrons. The molecule has 2 amide bonds. The van der Waals surface area contributed by atoms with Gasteiger partial charge in [-0.15, -0.1) is 0 Å². The topological polar surface area (TPSA) is 283 Å². The van der Waals surface area contributed by atoms with E-state index < -0.39 is 96.5 Å². The van der Waals surface area contributed by atoms with Crippen LogP contribution in [0.1, 0.15) is 103 Å². The Balaban J connectivity index is 1.64. The summed E-state index contributed by atoms with van der Waals surface area (Å²) in [6.45, 7) is 2.15. The van der Waals surface area contributed by atoms with Gasteiger partial charge in [-0.3, -0.25) is 28.8 Å². The molecule has 3 heterocycles. The summed E-state index contributed by atoms with van der Waals surface area (Å²) in [5.41, 5.74) is 4.03. The molecule has 0 bridgehead atoms. The predicted molar refractivity (Wildman–Crippen MR) is 215 cm³/mol. The van der Waals surface area contributed by atoms with E-state index in [-0.39, 0.29) is 13.1 Å². The monoisotopic (exact) mass is 830 g/mol. The minimum absolute atomic E-state index is 0.195. The molecule has 1 aromatic heterocycles. The number of hydrogen-bond donors (Lipinski definition) is 10. The largest absolute Gasteiger partial charge is 0.390 e. The van der Waals surface area contributed by atoms with Gasteiger partial charge in [0.05, 0.1) is 6.10 Å². The number of rotatable bonds is 28. The molecule has 334 valence electrons. The van der Waals surface area contributed by atoms with E-state index in [1.54, 1.807) is 0 Å². The van der Waals surface area contributed by atoms with Crippen molar-refractivity contribution in [1.82, 2.24) is 30.4 Å². The number of aliphatic hydroxyl groups is 5. The SMILES string of the molecule is CCCCCCCCCCCCCCCCNC(=O)C(NC)[C@@H](O)CN(C)[C@H](C(=O)NC)[C@@H](OC1O[C@H](CN)[C@@H](O)[C@H]1O)C1OC(n2ccc(=O)[nH]c2=O)[C@H](O)[C@@H]1O. The van der Waals surface area contributed by atoms with Crippen molar-refractivity contribution >= 4 is 11.8 Å². The molecule has 0 spiro atoms. The lowest BCUT2D eigenvalue weighted by Crippen LogP contribution is -2.62. The van der Waals surface area contributed by atoms with E-state index >= 15 is 0 Å². The number of H-pyrrole nitrogens is 1. The molecule has 11 N–H and O–H groups in total. The Hall–Kier alpha value is -2.82. The van der Waals surface area contributed by atoms with Crippen LogP contribution < -0.4 is 32.9 Å². The molecule has 0 aromatic carbocycles. The van der Waals surface area contributed by atoms with Gasteiger partial charge in [0.25, 0.3) is 5.56 Å². The molecule has 3 rings (SSSR count). The van der Waals surface area contributed by atoms with Crippen LogP contribution >= 0.6 is 0 Å². The highest BCUT2D eigenvalue weighted by Crippen LogP contribution is 2.35. The molecule has 1 aromatic rings. The average Bonchev–Trinajstić information content (AvgIpc) is 3.64. The number of hydrogen-bond acceptors (Lipinski definition) is 15. The Morgan fingerprint density at radius 1 is 0.879 bits per heavy atom. The van der Waals surface area contributed by atoms with Crippen molar-refractivity contribution in [2.45, 2.75) is 170 Å². The van der Waals surface area contributed by atoms with Gasteiger partial charge in [0, 0.05) is 38.9 Å². The summed E-state index contributed by atoms with van der Waals surface area (Å²) in [5.74, 6) is -1.17. The summed E-state index contributed by atoms with van der Waals surface area (Å²) < 4.78 is 18.6. The summed E-state index contributed by atoms with van der Waals surface area (Å²) in [5, 5.41) is 63.2. The third-order valence-corrected chi connectivity index (χ3v) is 11.2. The second kappa shape index (κ2) is 25.7. The first kappa shape index (κ1) is 49.5. The van der Waals surface area contributed by atoms with Gasteiger partial charge in [-0.1, -0.05) is 90.4 Å². The average molecular weight is 830 g/mol. The summed E-state index contributed by atoms with van der Waals surface area (Å²) in [4.78, 5) is 54.6. The fourth-order valence-electron chi connectivity index (χ4n) is 7.72. The minimum Gasteiger partial charge on any atom is -0.390 e. The second-order valence-corrected chi connectivity index (χ2v) is 15.6. The molecular formula is C39H71N7O12. The van der Waals surface area contributed by atoms with Crippen LogP contribution in [0.5, 0.6) is 0 Å². The summed E-state index contributed by atoms with van der Waals surface area (Å²) in [6.07, 6.45) is 2.47. The van der Waals surface area contributed by atoms with Gasteiger partial charge in [-0.2, -0.15) is 0 Å². The van der Waals surface area contributed by atoms with Crippen molar-refractivity contribution < 1.29 is 49.3 Å². The van der Waals surface area contributed by atoms with Crippen LogP contribution in [0.4, 0.5) is 0 Å². The highest BCUT2D eigenvalue weighted by atomic mass is 16.7. The fraction of sp³-hybridized carbons (Fsp3) is 0.846. The van der Waals surface area contributed by atoms with Crippen LogP contribution in [0.3, 0.4) is 0 Å². The molecule has 2 aliphatic heterocycles. The van der Waals surface area contributed by atoms with Crippen molar-refractivity contribution in [3.8, 4) is 0 Å². The Labute approximate surface area is 341 Å². The predicted octanol–water partition coefficient (Wildman–Crippen LogP) is -1.46. The number of unbranched alkanes of at least 4 members (excludes halogenated alkanes) is 13. The van der Waals surface area contributed by atoms with Crippen molar-refractivity contribution in [3.05, 3.63) is 33.1 Å². The molecular weight excluding hydrogens is 758 g/mol. The number of aliphatic hydroxyl groups excluding tert-OH is 5. The zero-order chi connectivity index (χ0) is 42.8. The molecule has 2 saturated heterocycles. The number of nitrogens with one attached hydrogen (secondary N) is 4. The van der Waals surface area contributed by atoms with Gasteiger partial charge >= 0.3 is 5.69 Å². The van der Waals surface area contributed by atoms with E-state index in [0.29, 0.717) is 6.54 Å². The maximum Gasteiger partial charge on any atom is 0.330 e. The Kier molecular flexibility index (Phi) is 22.0. The molecule has 58 heavy (non-hydrogen) atoms. The van der Waals surface area contributed by atoms with Crippen LogP contribution in [0.15, 0.2) is 21.9 Å². The maximum absolute atomic E-state index is 13.7. The highest BCUT2D eigenvalue weighted by molar-refractivity contribution is 5.83. The molecule has 2 aliphatic rings. The Bertz CT molecular complexity index is 1470. The Morgan fingerprint density at radius 3 is 1.98 bits per heavy atom. The summed E-state index contributed by atoms with van der Waals surface area (Å²) in [7, 11) is 4.30. The minimum atomic E-state index is -1.82. The van der Waals surface area contributed by atoms with Gasteiger partial charge in [0.2, 0.25) is 11.8 Å². The number of nitrogens with two attached hydrogens (primary N) is 1. The van der Waals surface area contributed by atoms with Crippen LogP contribution in [0.25, 0.3) is 0 Å². The van der Waals surface area contributed by atoms with E-state index in [9.17, 15) is 44.7 Å². The van der Waals surface area contributed by atoms with E-state index in [1.807, 2.05) is 4.98 Å². The number of ether oxygens (including phenoxy) is 3. The number of likely N-dealkylation sites (N-methyl/N-ethyl adjacent to an activating group) is 3. The van der Waals surface area contributed by atoms with Gasteiger partial charge in [0.15, 0.2) is 12.5 Å². The molecule has 19 nitrogen and oxygen atoms in total. The highest BCUT2D eigenvalue weighted by Gasteiger charge is 2.54. The second-order valence-electron chi connectivity index (χ2n) is 15.6. The van der Waals surface area contributed by atoms with Gasteiger partial charge < -0.3 is 61.4 Å². The third kappa shape index (κ3) is 14.1. The maximum atomic E-state index is 13.7. The first-order valence-electron chi connectivity index (χ1n) is 21.1. The van der Waals surface area contributed by atoms with E-state index in [4.69, 9.17) is 19.9 Å². The number of carbonyl (C=O) groups excluding carboxylic acids is 2. The van der Waals surface area contributed by atoms with Gasteiger partial charge in [0.1, 0.15) is 54.8 Å². The molecule has 0 saturated carbocycles. The van der Waals surface area contributed by atoms with E-state index in [1.165, 1.54) is 90.3 Å². The lowest BCUT2D eigenvalue weighted by molar-refractivity contribution is -0.233. The molecule has 19 heteroatoms. The number of aromatic nitrogens is 2. The zero-order valence-corrected chi connectivity index (χ0v) is 34.7. The number of carbonyl (C=O) groups is 2. The Morgan fingerprint density at radius 2 is 1.47 bits per heavy atom. The molecule has 2 fully saturated rings. The third-order valence-electron chi connectivity index (χ3n) is 11.2. The van der Waals surface area contributed by atoms with Crippen LogP contribution in [0.2, 0.25) is 0 Å². The normalized spacial score (nSPS) is 26.7. The number of nitrogens with zero attached hydrogens (tertiary/aromatic N) is 2. The lowest BCUT2D eigenvalue weighted by atomic mass is 9.96.